The van der Waals surface area contributed by atoms with E-state index in [1.165, 1.54) is 19.9 Å². The fourth-order valence-electron chi connectivity index (χ4n) is 6.85. The molecule has 0 amide bonds. The number of rotatable bonds is 57. The zero-order chi connectivity index (χ0) is 72.7. The zero-order valence-corrected chi connectivity index (χ0v) is 55.8. The second-order valence-electron chi connectivity index (χ2n) is 21.1. The van der Waals surface area contributed by atoms with Gasteiger partial charge in [0.15, 0.2) is 0 Å². The van der Waals surface area contributed by atoms with Gasteiger partial charge in [0.25, 0.3) is 0 Å². The molecule has 30 nitrogen and oxygen atoms in total. The number of Topliss-reactive ketones (excluding diaryl/α,β-unsaturated/α-hetero) is 5. The summed E-state index contributed by atoms with van der Waals surface area (Å²) >= 11 is 0. The third-order valence-corrected chi connectivity index (χ3v) is 12.2. The van der Waals surface area contributed by atoms with Gasteiger partial charge in [0.2, 0.25) is 29.2 Å². The number of unbranched alkanes of at least 4 members (excludes halogenated alkanes) is 12. The van der Waals surface area contributed by atoms with Crippen LogP contribution in [0, 0.1) is 0 Å². The average Bonchev–Trinajstić information content (AvgIpc) is 3.01. The second kappa shape index (κ2) is 62.2. The maximum absolute atomic E-state index is 12.0. The number of esters is 10. The lowest BCUT2D eigenvalue weighted by Gasteiger charge is -2.07. The molecule has 0 spiro atoms. The first-order valence-electron chi connectivity index (χ1n) is 31.8. The van der Waals surface area contributed by atoms with Gasteiger partial charge in [-0.3, -0.25) is 43.2 Å². The Balaban J connectivity index is -0.00000166. The quantitative estimate of drug-likeness (QED) is 0.0128. The molecule has 0 aromatic heterocycles. The van der Waals surface area contributed by atoms with Gasteiger partial charge in [-0.2, -0.15) is 0 Å². The van der Waals surface area contributed by atoms with Gasteiger partial charge in [-0.25, -0.2) is 43.3 Å². The van der Waals surface area contributed by atoms with E-state index in [4.69, 9.17) is 52.8 Å². The van der Waals surface area contributed by atoms with Crippen molar-refractivity contribution in [1.82, 2.24) is 0 Å². The fourth-order valence-corrected chi connectivity index (χ4v) is 6.85. The summed E-state index contributed by atoms with van der Waals surface area (Å²) in [6.07, 6.45) is 10.2. The van der Waals surface area contributed by atoms with E-state index >= 15 is 0 Å². The van der Waals surface area contributed by atoms with E-state index in [9.17, 15) is 81.5 Å². The monoisotopic (exact) mass is 1370 g/mol. The average molecular weight is 1370 g/mol. The number of ether oxygens (including phenoxy) is 10. The van der Waals surface area contributed by atoms with Crippen LogP contribution in [0.15, 0.2) is 41.4 Å². The maximum atomic E-state index is 12.0. The van der Waals surface area contributed by atoms with Crippen molar-refractivity contribution in [2.45, 2.75) is 201 Å². The SMILES string of the molecule is C=C(C)C(=O)OCCCC(=O)CCC(=O)C(=O)OCCCCCCOC(=O)C(=O)CCC(=O)OCCCCCCOC(=O)CCCOC(=O)C(=C)C.C=C(C)C(=O)OCCN=C=O.O=C(O)CCC(=O)C(=O)OCCCCCCOC(=O)C(=O)CCC(=O)OCCCCCCO. The summed E-state index contributed by atoms with van der Waals surface area (Å²) in [6, 6.07) is 0. The molecule has 0 saturated carbocycles. The minimum atomic E-state index is -1.17. The van der Waals surface area contributed by atoms with Crippen LogP contribution in [-0.4, -0.2) is 190 Å². The number of ketones is 5. The van der Waals surface area contributed by atoms with E-state index in [0.717, 1.165) is 25.7 Å². The topological polar surface area (TPSA) is 435 Å². The van der Waals surface area contributed by atoms with Crippen molar-refractivity contribution in [3.8, 4) is 0 Å². The van der Waals surface area contributed by atoms with E-state index in [1.807, 2.05) is 0 Å². The summed E-state index contributed by atoms with van der Waals surface area (Å²) in [5, 5.41) is 17.1. The molecule has 0 aromatic rings. The number of carboxylic acid groups (broad SMARTS) is 1. The Kier molecular flexibility index (Phi) is 59.1. The predicted molar refractivity (Wildman–Crippen MR) is 336 cm³/mol. The lowest BCUT2D eigenvalue weighted by atomic mass is 10.1. The highest BCUT2D eigenvalue weighted by Crippen LogP contribution is 2.09. The minimum Gasteiger partial charge on any atom is -0.481 e. The van der Waals surface area contributed by atoms with Crippen LogP contribution < -0.4 is 0 Å². The van der Waals surface area contributed by atoms with Crippen molar-refractivity contribution >= 4 is 101 Å². The Morgan fingerprint density at radius 3 is 0.875 bits per heavy atom. The number of carbonyl (C=O) groups excluding carboxylic acids is 16. The first-order valence-corrected chi connectivity index (χ1v) is 31.8. The lowest BCUT2D eigenvalue weighted by Crippen LogP contribution is -2.19. The summed E-state index contributed by atoms with van der Waals surface area (Å²) in [5.74, 6) is -11.8. The van der Waals surface area contributed by atoms with Gasteiger partial charge in [0.05, 0.1) is 85.3 Å². The first-order chi connectivity index (χ1) is 45.7. The third-order valence-electron chi connectivity index (χ3n) is 12.2. The lowest BCUT2D eigenvalue weighted by molar-refractivity contribution is -0.155. The van der Waals surface area contributed by atoms with Crippen LogP contribution in [0.2, 0.25) is 0 Å². The largest absolute Gasteiger partial charge is 0.481 e. The van der Waals surface area contributed by atoms with Crippen LogP contribution in [0.3, 0.4) is 0 Å². The third kappa shape index (κ3) is 60.1. The Morgan fingerprint density at radius 1 is 0.302 bits per heavy atom. The fraction of sp³-hybridized carbons (Fsp3) is 0.652. The number of aliphatic carboxylic acids is 1. The number of isocyanates is 1. The Hall–Kier alpha value is -8.92. The zero-order valence-electron chi connectivity index (χ0n) is 55.8. The van der Waals surface area contributed by atoms with E-state index < -0.39 is 95.7 Å². The molecule has 0 rings (SSSR count). The van der Waals surface area contributed by atoms with Gasteiger partial charge in [-0.05, 0) is 130 Å². The predicted octanol–water partition coefficient (Wildman–Crippen LogP) is 6.30. The molecule has 0 radical (unpaired) electrons. The van der Waals surface area contributed by atoms with E-state index in [0.29, 0.717) is 101 Å². The molecule has 0 aliphatic heterocycles. The van der Waals surface area contributed by atoms with Gasteiger partial charge >= 0.3 is 65.7 Å². The highest BCUT2D eigenvalue weighted by molar-refractivity contribution is 6.35. The van der Waals surface area contributed by atoms with Crippen molar-refractivity contribution < 1.29 is 139 Å². The van der Waals surface area contributed by atoms with Crippen molar-refractivity contribution in [2.24, 2.45) is 4.99 Å². The van der Waals surface area contributed by atoms with Gasteiger partial charge in [0, 0.05) is 68.3 Å². The highest BCUT2D eigenvalue weighted by atomic mass is 16.6. The molecule has 2 N–H and O–H groups in total. The molecular formula is C66H97NO29. The first kappa shape index (κ1) is 91.3. The molecule has 96 heavy (non-hydrogen) atoms. The smallest absolute Gasteiger partial charge is 0.374 e. The van der Waals surface area contributed by atoms with Crippen LogP contribution in [0.5, 0.6) is 0 Å². The number of aliphatic imine (C=N–C) groups is 1. The van der Waals surface area contributed by atoms with Crippen LogP contribution >= 0.6 is 0 Å². The van der Waals surface area contributed by atoms with Crippen LogP contribution in [0.4, 0.5) is 0 Å². The summed E-state index contributed by atoms with van der Waals surface area (Å²) < 4.78 is 49.0. The van der Waals surface area contributed by atoms with Gasteiger partial charge < -0.3 is 57.6 Å². The van der Waals surface area contributed by atoms with Gasteiger partial charge in [0.1, 0.15) is 12.4 Å². The molecule has 0 aliphatic carbocycles. The number of hydrogen-bond acceptors (Lipinski definition) is 29. The molecule has 540 valence electrons. The summed E-state index contributed by atoms with van der Waals surface area (Å²) in [6.45, 7) is 16.2. The van der Waals surface area contributed by atoms with E-state index in [-0.39, 0.29) is 148 Å². The van der Waals surface area contributed by atoms with Crippen molar-refractivity contribution in [2.75, 3.05) is 79.2 Å². The van der Waals surface area contributed by atoms with E-state index in [1.54, 1.807) is 6.92 Å². The number of hydrogen-bond donors (Lipinski definition) is 2. The molecule has 0 fully saturated rings. The molecule has 0 bridgehead atoms. The number of aliphatic hydroxyl groups is 1. The highest BCUT2D eigenvalue weighted by Gasteiger charge is 2.21. The van der Waals surface area contributed by atoms with Crippen molar-refractivity contribution in [3.05, 3.63) is 36.5 Å². The molecular weight excluding hydrogens is 1270 g/mol. The van der Waals surface area contributed by atoms with Gasteiger partial charge in [-0.15, -0.1) is 0 Å². The van der Waals surface area contributed by atoms with Crippen molar-refractivity contribution in [1.29, 1.82) is 0 Å². The van der Waals surface area contributed by atoms with Crippen LogP contribution in [0.25, 0.3) is 0 Å². The Morgan fingerprint density at radius 2 is 0.562 bits per heavy atom. The molecule has 30 heteroatoms. The molecule has 0 aliphatic rings. The molecule has 0 unspecified atom stereocenters. The van der Waals surface area contributed by atoms with Crippen LogP contribution in [0.1, 0.15) is 201 Å². The minimum absolute atomic E-state index is 0.00379. The molecule has 0 atom stereocenters. The standard InChI is InChI=1S/C37H54O15.C22H34O11.C7H9NO3/c1-27(2)34(43)49-25-13-15-29(38)17-18-30(39)36(45)51-23-11-7-8-12-24-52-37(46)31(40)19-20-33(42)48-22-10-6-5-9-21-47-32(41)16-14-26-50-35(44)28(3)4;23-13-5-1-2-6-14-31-20(28)12-10-18(25)22(30)33-16-8-4-3-7-15-32-21(29)17(24)9-11-19(26)27;1-6(2)7(10)11-4-3-8-5-9/h1,3,5-26H2,2,4H3;23H,1-16H2,(H,26,27);1,3-4H2,2H3. The maximum Gasteiger partial charge on any atom is 0.374 e. The van der Waals surface area contributed by atoms with Crippen molar-refractivity contribution in [3.63, 3.8) is 0 Å². The van der Waals surface area contributed by atoms with E-state index in [2.05, 4.69) is 29.5 Å². The van der Waals surface area contributed by atoms with Crippen LogP contribution in [-0.2, 0) is 129 Å². The number of aliphatic hydroxyl groups excluding tert-OH is 1. The number of nitrogens with zero attached hydrogens (tertiary/aromatic N) is 1. The van der Waals surface area contributed by atoms with Gasteiger partial charge in [-0.1, -0.05) is 26.2 Å². The molecule has 0 aromatic carbocycles. The normalized spacial score (nSPS) is 10.1. The molecule has 0 heterocycles. The summed E-state index contributed by atoms with van der Waals surface area (Å²) in [4.78, 5) is 197. The second-order valence-corrected chi connectivity index (χ2v) is 21.1. The number of carboxylic acids is 1. The Labute approximate surface area is 559 Å². The summed E-state index contributed by atoms with van der Waals surface area (Å²) in [7, 11) is 0. The number of carbonyl (C=O) groups is 16. The molecule has 0 saturated heterocycles. The Bertz CT molecular complexity index is 2560. The summed E-state index contributed by atoms with van der Waals surface area (Å²) in [5.41, 5.74) is 0.886.